The fourth-order valence-electron chi connectivity index (χ4n) is 1.37. The Morgan fingerprint density at radius 3 is 2.80 bits per heavy atom. The fourth-order valence-corrected chi connectivity index (χ4v) is 2.52. The third-order valence-electron chi connectivity index (χ3n) is 1.89. The van der Waals surface area contributed by atoms with Gasteiger partial charge in [0, 0.05) is 0 Å². The van der Waals surface area contributed by atoms with Gasteiger partial charge in [0.2, 0.25) is 0 Å². The van der Waals surface area contributed by atoms with Crippen molar-refractivity contribution in [1.29, 1.82) is 0 Å². The Morgan fingerprint density at radius 1 is 1.70 bits per heavy atom. The number of rotatable bonds is 2. The molecule has 0 aromatic heterocycles. The molecule has 0 spiro atoms. The number of hydrogen-bond donors (Lipinski definition) is 1. The Hall–Kier alpha value is 0.650. The van der Waals surface area contributed by atoms with Gasteiger partial charge in [-0.1, -0.05) is 0 Å². The van der Waals surface area contributed by atoms with Crippen molar-refractivity contribution in [3.63, 3.8) is 0 Å². The summed E-state index contributed by atoms with van der Waals surface area (Å²) in [6.45, 7) is 1.89. The molecule has 0 saturated heterocycles. The van der Waals surface area contributed by atoms with Crippen LogP contribution < -0.4 is 21.6 Å². The summed E-state index contributed by atoms with van der Waals surface area (Å²) < 4.78 is 5.49. The topological polar surface area (TPSA) is 29.5 Å². The molecule has 2 unspecified atom stereocenters. The number of alkyl halides is 1. The molecule has 0 radical (unpaired) electrons. The molecule has 0 aliphatic heterocycles. The van der Waals surface area contributed by atoms with Crippen LogP contribution in [0.25, 0.3) is 0 Å². The average molecular weight is 257 g/mol. The summed E-state index contributed by atoms with van der Waals surface area (Å²) in [5, 5.41) is 9.52. The van der Waals surface area contributed by atoms with E-state index in [1.54, 1.807) is 0 Å². The molecule has 0 aromatic rings. The first kappa shape index (κ1) is 8.74. The van der Waals surface area contributed by atoms with E-state index in [0.717, 1.165) is 19.3 Å². The van der Waals surface area contributed by atoms with Crippen LogP contribution in [0.15, 0.2) is 0 Å². The first-order chi connectivity index (χ1) is 4.64. The molecule has 62 valence electrons. The van der Waals surface area contributed by atoms with Crippen molar-refractivity contribution in [2.45, 2.75) is 37.9 Å². The molecule has 1 saturated carbocycles. The van der Waals surface area contributed by atoms with Crippen LogP contribution in [-0.4, -0.2) is 21.7 Å². The number of aliphatic hydroxyl groups is 1. The first-order valence-electron chi connectivity index (χ1n) is 3.52. The van der Waals surface area contributed by atoms with Crippen molar-refractivity contribution in [1.82, 2.24) is 0 Å². The van der Waals surface area contributed by atoms with Gasteiger partial charge in [-0.2, -0.15) is 0 Å². The third kappa shape index (κ3) is 2.36. The maximum atomic E-state index is 9.52. The van der Waals surface area contributed by atoms with Gasteiger partial charge in [0.05, 0.1) is 0 Å². The molecule has 10 heavy (non-hydrogen) atoms. The monoisotopic (exact) mass is 257 g/mol. The van der Waals surface area contributed by atoms with E-state index in [9.17, 15) is 5.11 Å². The van der Waals surface area contributed by atoms with E-state index in [1.807, 2.05) is 6.92 Å². The van der Waals surface area contributed by atoms with Gasteiger partial charge in [-0.25, -0.2) is 0 Å². The first-order valence-corrected chi connectivity index (χ1v) is 6.55. The van der Waals surface area contributed by atoms with E-state index in [0.29, 0.717) is 6.10 Å². The Balaban J connectivity index is 2.29. The molecule has 1 fully saturated rings. The molecule has 0 bridgehead atoms. The molecule has 0 aromatic carbocycles. The summed E-state index contributed by atoms with van der Waals surface area (Å²) in [5.41, 5.74) is -0.441. The Kier molecular flexibility index (Phi) is 2.94. The summed E-state index contributed by atoms with van der Waals surface area (Å²) in [6.07, 6.45) is 3.13. The van der Waals surface area contributed by atoms with Crippen molar-refractivity contribution < 1.29 is 29.8 Å². The third-order valence-corrected chi connectivity index (χ3v) is 3.12. The molecule has 1 N–H and O–H groups in total. The van der Waals surface area contributed by atoms with Crippen LogP contribution in [0.3, 0.4) is 0 Å². The zero-order valence-electron chi connectivity index (χ0n) is 6.43. The summed E-state index contributed by atoms with van der Waals surface area (Å²) in [5.74, 6) is 0. The van der Waals surface area contributed by atoms with Crippen molar-refractivity contribution in [3.8, 4) is 0 Å². The van der Waals surface area contributed by atoms with E-state index >= 15 is 0 Å². The van der Waals surface area contributed by atoms with Crippen LogP contribution in [0.1, 0.15) is 26.2 Å². The quantitative estimate of drug-likeness (QED) is 0.455. The summed E-state index contributed by atoms with van der Waals surface area (Å²) in [4.78, 5) is 2.10. The molecule has 0 heterocycles. The van der Waals surface area contributed by atoms with Gasteiger partial charge in [0.1, 0.15) is 0 Å². The molecule has 1 aliphatic rings. The Bertz CT molecular complexity index is 114. The van der Waals surface area contributed by atoms with Crippen molar-refractivity contribution in [2.24, 2.45) is 0 Å². The molecule has 1 aliphatic carbocycles. The standard InChI is InChI=1S/C7H14IO2/c1-7(9)4-3-6(5-7)10-8-2/h6,9H,3-5H2,1-2H3/q-1. The van der Waals surface area contributed by atoms with Crippen LogP contribution >= 0.6 is 0 Å². The van der Waals surface area contributed by atoms with Gasteiger partial charge in [0.25, 0.3) is 0 Å². The average Bonchev–Trinajstić information content (AvgIpc) is 2.12. The molecule has 3 heteroatoms. The summed E-state index contributed by atoms with van der Waals surface area (Å²) >= 11 is -0.0589. The molecular weight excluding hydrogens is 243 g/mol. The summed E-state index contributed by atoms with van der Waals surface area (Å²) in [7, 11) is 0. The van der Waals surface area contributed by atoms with Gasteiger partial charge < -0.3 is 0 Å². The second-order valence-corrected chi connectivity index (χ2v) is 4.49. The molecule has 2 nitrogen and oxygen atoms in total. The van der Waals surface area contributed by atoms with Crippen molar-refractivity contribution >= 4 is 0 Å². The van der Waals surface area contributed by atoms with Gasteiger partial charge in [-0.05, 0) is 0 Å². The minimum absolute atomic E-state index is 0.0589. The van der Waals surface area contributed by atoms with E-state index in [-0.39, 0.29) is 21.6 Å². The SMILES string of the molecule is C[I-]OC1CCC(C)(O)C1. The second kappa shape index (κ2) is 3.36. The predicted octanol–water partition coefficient (Wildman–Crippen LogP) is -2.06. The Morgan fingerprint density at radius 2 is 2.40 bits per heavy atom. The van der Waals surface area contributed by atoms with Crippen LogP contribution in [-0.2, 0) is 3.07 Å². The molecule has 0 amide bonds. The molecule has 2 atom stereocenters. The van der Waals surface area contributed by atoms with Crippen molar-refractivity contribution in [3.05, 3.63) is 0 Å². The van der Waals surface area contributed by atoms with E-state index in [2.05, 4.69) is 4.93 Å². The van der Waals surface area contributed by atoms with Crippen LogP contribution in [0.2, 0.25) is 0 Å². The zero-order valence-corrected chi connectivity index (χ0v) is 8.59. The zero-order chi connectivity index (χ0) is 7.61. The number of halogens is 1. The minimum atomic E-state index is -0.441. The van der Waals surface area contributed by atoms with Gasteiger partial charge >= 0.3 is 72.6 Å². The van der Waals surface area contributed by atoms with Crippen LogP contribution in [0, 0.1) is 0 Å². The van der Waals surface area contributed by atoms with Crippen molar-refractivity contribution in [2.75, 3.05) is 4.93 Å². The predicted molar refractivity (Wildman–Crippen MR) is 35.3 cm³/mol. The van der Waals surface area contributed by atoms with Gasteiger partial charge in [-0.15, -0.1) is 0 Å². The van der Waals surface area contributed by atoms with Crippen LogP contribution in [0.4, 0.5) is 0 Å². The fraction of sp³-hybridized carbons (Fsp3) is 1.00. The van der Waals surface area contributed by atoms with E-state index < -0.39 is 5.60 Å². The normalized spacial score (nSPS) is 40.9. The summed E-state index contributed by atoms with van der Waals surface area (Å²) in [6, 6.07) is 0. The molecule has 1 rings (SSSR count). The van der Waals surface area contributed by atoms with E-state index in [1.165, 1.54) is 0 Å². The molecular formula is C7H14IO2-. The second-order valence-electron chi connectivity index (χ2n) is 3.11. The van der Waals surface area contributed by atoms with Gasteiger partial charge in [-0.3, -0.25) is 0 Å². The van der Waals surface area contributed by atoms with Crippen LogP contribution in [0.5, 0.6) is 0 Å². The Labute approximate surface area is 72.8 Å². The number of hydrogen-bond acceptors (Lipinski definition) is 2. The van der Waals surface area contributed by atoms with Gasteiger partial charge in [0.15, 0.2) is 0 Å². The maximum absolute atomic E-state index is 9.52. The van der Waals surface area contributed by atoms with E-state index in [4.69, 9.17) is 3.07 Å².